The molecule has 0 saturated carbocycles. The van der Waals surface area contributed by atoms with E-state index >= 15 is 0 Å². The summed E-state index contributed by atoms with van der Waals surface area (Å²) >= 11 is 0. The molecule has 0 amide bonds. The van der Waals surface area contributed by atoms with E-state index in [0.717, 1.165) is 32.4 Å². The fourth-order valence-electron chi connectivity index (χ4n) is 3.33. The predicted molar refractivity (Wildman–Crippen MR) is 80.9 cm³/mol. The summed E-state index contributed by atoms with van der Waals surface area (Å²) in [6, 6.07) is 6.99. The van der Waals surface area contributed by atoms with E-state index in [1.54, 1.807) is 28.6 Å². The zero-order chi connectivity index (χ0) is 14.9. The molecule has 2 bridgehead atoms. The molecule has 1 aromatic rings. The summed E-state index contributed by atoms with van der Waals surface area (Å²) in [5.41, 5.74) is 0. The molecular formula is C15H22N2O3S. The third kappa shape index (κ3) is 2.80. The molecule has 6 heteroatoms. The van der Waals surface area contributed by atoms with Gasteiger partial charge in [-0.15, -0.1) is 0 Å². The Kier molecular flexibility index (Phi) is 4.19. The molecule has 0 aliphatic carbocycles. The molecule has 1 N–H and O–H groups in total. The van der Waals surface area contributed by atoms with Crippen LogP contribution in [-0.4, -0.2) is 44.5 Å². The molecule has 2 atom stereocenters. The van der Waals surface area contributed by atoms with Crippen LogP contribution in [0.1, 0.15) is 26.2 Å². The molecule has 0 radical (unpaired) electrons. The van der Waals surface area contributed by atoms with Gasteiger partial charge in [0.2, 0.25) is 10.0 Å². The molecule has 2 aliphatic rings. The third-order valence-electron chi connectivity index (χ3n) is 4.30. The van der Waals surface area contributed by atoms with E-state index in [-0.39, 0.29) is 12.1 Å². The first kappa shape index (κ1) is 14.8. The highest BCUT2D eigenvalue weighted by atomic mass is 32.2. The molecule has 3 rings (SSSR count). The van der Waals surface area contributed by atoms with Gasteiger partial charge >= 0.3 is 0 Å². The molecule has 0 aromatic heterocycles. The number of sulfonamides is 1. The molecule has 1 aromatic carbocycles. The summed E-state index contributed by atoms with van der Waals surface area (Å²) in [5, 5.41) is 3.33. The van der Waals surface area contributed by atoms with Gasteiger partial charge in [0.1, 0.15) is 5.75 Å². The molecule has 21 heavy (non-hydrogen) atoms. The largest absolute Gasteiger partial charge is 0.494 e. The van der Waals surface area contributed by atoms with Crippen LogP contribution in [0.5, 0.6) is 5.75 Å². The van der Waals surface area contributed by atoms with Crippen molar-refractivity contribution < 1.29 is 13.2 Å². The normalized spacial score (nSPS) is 26.5. The van der Waals surface area contributed by atoms with E-state index in [0.29, 0.717) is 17.3 Å². The smallest absolute Gasteiger partial charge is 0.243 e. The molecule has 5 nitrogen and oxygen atoms in total. The first-order valence-electron chi connectivity index (χ1n) is 7.60. The summed E-state index contributed by atoms with van der Waals surface area (Å²) < 4.78 is 33.0. The Bertz CT molecular complexity index is 571. The van der Waals surface area contributed by atoms with Crippen LogP contribution in [0.3, 0.4) is 0 Å². The van der Waals surface area contributed by atoms with Crippen molar-refractivity contribution in [1.29, 1.82) is 0 Å². The highest BCUT2D eigenvalue weighted by molar-refractivity contribution is 7.89. The van der Waals surface area contributed by atoms with Crippen molar-refractivity contribution in [3.8, 4) is 5.75 Å². The lowest BCUT2D eigenvalue weighted by Gasteiger charge is -2.26. The van der Waals surface area contributed by atoms with Crippen molar-refractivity contribution in [3.05, 3.63) is 24.3 Å². The Hall–Kier alpha value is -1.11. The van der Waals surface area contributed by atoms with Gasteiger partial charge in [0.05, 0.1) is 11.5 Å². The van der Waals surface area contributed by atoms with Crippen molar-refractivity contribution in [2.75, 3.05) is 19.7 Å². The van der Waals surface area contributed by atoms with Crippen LogP contribution in [0.2, 0.25) is 0 Å². The summed E-state index contributed by atoms with van der Waals surface area (Å²) in [6.45, 7) is 4.14. The molecule has 2 heterocycles. The quantitative estimate of drug-likeness (QED) is 0.918. The van der Waals surface area contributed by atoms with Gasteiger partial charge < -0.3 is 10.1 Å². The first-order valence-corrected chi connectivity index (χ1v) is 9.04. The topological polar surface area (TPSA) is 58.6 Å². The van der Waals surface area contributed by atoms with Gasteiger partial charge in [0.25, 0.3) is 0 Å². The van der Waals surface area contributed by atoms with Gasteiger partial charge in [-0.25, -0.2) is 8.42 Å². The standard InChI is InChI=1S/C15H22N2O3S/c1-2-20-14-5-7-15(8-6-14)21(18,19)17-12-3-4-13(17)11-16-10-9-12/h5-8,12-13,16H,2-4,9-11H2,1H3. The van der Waals surface area contributed by atoms with Gasteiger partial charge in [0.15, 0.2) is 0 Å². The van der Waals surface area contributed by atoms with Crippen LogP contribution >= 0.6 is 0 Å². The van der Waals surface area contributed by atoms with Crippen molar-refractivity contribution in [3.63, 3.8) is 0 Å². The Morgan fingerprint density at radius 2 is 1.90 bits per heavy atom. The van der Waals surface area contributed by atoms with E-state index in [2.05, 4.69) is 5.32 Å². The average molecular weight is 310 g/mol. The van der Waals surface area contributed by atoms with Gasteiger partial charge in [0, 0.05) is 18.6 Å². The Labute approximate surface area is 126 Å². The third-order valence-corrected chi connectivity index (χ3v) is 6.32. The average Bonchev–Trinajstić information content (AvgIpc) is 2.74. The lowest BCUT2D eigenvalue weighted by molar-refractivity contribution is 0.333. The Morgan fingerprint density at radius 3 is 2.62 bits per heavy atom. The summed E-state index contributed by atoms with van der Waals surface area (Å²) in [4.78, 5) is 0.366. The maximum Gasteiger partial charge on any atom is 0.243 e. The number of hydrogen-bond donors (Lipinski definition) is 1. The predicted octanol–water partition coefficient (Wildman–Crippen LogP) is 1.60. The van der Waals surface area contributed by atoms with Crippen LogP contribution in [0.4, 0.5) is 0 Å². The number of nitrogens with zero attached hydrogens (tertiary/aromatic N) is 1. The SMILES string of the molecule is CCOc1ccc(S(=O)(=O)N2C3CCNCC2CC3)cc1. The second kappa shape index (κ2) is 5.94. The molecule has 2 saturated heterocycles. The molecular weight excluding hydrogens is 288 g/mol. The summed E-state index contributed by atoms with van der Waals surface area (Å²) in [5.74, 6) is 0.706. The maximum absolute atomic E-state index is 12.9. The number of fused-ring (bicyclic) bond motifs is 2. The minimum absolute atomic E-state index is 0.0917. The summed E-state index contributed by atoms with van der Waals surface area (Å²) in [6.07, 6.45) is 2.82. The highest BCUT2D eigenvalue weighted by Gasteiger charge is 2.42. The Balaban J connectivity index is 1.89. The summed E-state index contributed by atoms with van der Waals surface area (Å²) in [7, 11) is -3.42. The number of rotatable bonds is 4. The van der Waals surface area contributed by atoms with E-state index in [1.165, 1.54) is 0 Å². The molecule has 2 fully saturated rings. The van der Waals surface area contributed by atoms with E-state index in [9.17, 15) is 8.42 Å². The van der Waals surface area contributed by atoms with Crippen LogP contribution in [0.15, 0.2) is 29.2 Å². The zero-order valence-electron chi connectivity index (χ0n) is 12.3. The highest BCUT2D eigenvalue weighted by Crippen LogP contribution is 2.34. The monoisotopic (exact) mass is 310 g/mol. The van der Waals surface area contributed by atoms with Crippen LogP contribution in [-0.2, 0) is 10.0 Å². The van der Waals surface area contributed by atoms with E-state index in [4.69, 9.17) is 4.74 Å². The number of ether oxygens (including phenoxy) is 1. The Morgan fingerprint density at radius 1 is 1.19 bits per heavy atom. The van der Waals surface area contributed by atoms with Crippen molar-refractivity contribution in [2.24, 2.45) is 0 Å². The number of benzene rings is 1. The van der Waals surface area contributed by atoms with Gasteiger partial charge in [-0.05, 0) is 57.0 Å². The van der Waals surface area contributed by atoms with Gasteiger partial charge in [-0.3, -0.25) is 0 Å². The van der Waals surface area contributed by atoms with Crippen molar-refractivity contribution in [1.82, 2.24) is 9.62 Å². The minimum Gasteiger partial charge on any atom is -0.494 e. The lowest BCUT2D eigenvalue weighted by atomic mass is 10.1. The fraction of sp³-hybridized carbons (Fsp3) is 0.600. The maximum atomic E-state index is 12.9. The van der Waals surface area contributed by atoms with Gasteiger partial charge in [-0.1, -0.05) is 0 Å². The van der Waals surface area contributed by atoms with Crippen LogP contribution in [0, 0.1) is 0 Å². The minimum atomic E-state index is -3.42. The molecule has 2 aliphatic heterocycles. The van der Waals surface area contributed by atoms with E-state index in [1.807, 2.05) is 6.92 Å². The number of hydrogen-bond acceptors (Lipinski definition) is 4. The van der Waals surface area contributed by atoms with Crippen molar-refractivity contribution >= 4 is 10.0 Å². The molecule has 0 spiro atoms. The second-order valence-electron chi connectivity index (χ2n) is 5.62. The fourth-order valence-corrected chi connectivity index (χ4v) is 5.23. The van der Waals surface area contributed by atoms with Crippen LogP contribution < -0.4 is 10.1 Å². The molecule has 116 valence electrons. The first-order chi connectivity index (χ1) is 10.1. The lowest BCUT2D eigenvalue weighted by Crippen LogP contribution is -2.42. The molecule has 2 unspecified atom stereocenters. The van der Waals surface area contributed by atoms with E-state index < -0.39 is 10.0 Å². The van der Waals surface area contributed by atoms with Crippen LogP contribution in [0.25, 0.3) is 0 Å². The second-order valence-corrected chi connectivity index (χ2v) is 7.46. The van der Waals surface area contributed by atoms with Crippen molar-refractivity contribution in [2.45, 2.75) is 43.2 Å². The zero-order valence-corrected chi connectivity index (χ0v) is 13.1. The number of nitrogens with one attached hydrogen (secondary N) is 1. The van der Waals surface area contributed by atoms with Gasteiger partial charge in [-0.2, -0.15) is 4.31 Å².